The summed E-state index contributed by atoms with van der Waals surface area (Å²) < 4.78 is 10.9. The Bertz CT molecular complexity index is 767. The number of nitrogens with one attached hydrogen (secondary N) is 1. The Balaban J connectivity index is 2.01. The fourth-order valence-electron chi connectivity index (χ4n) is 2.10. The first kappa shape index (κ1) is 19.8. The van der Waals surface area contributed by atoms with Gasteiger partial charge in [0.1, 0.15) is 5.75 Å². The number of carbonyl (C=O) groups excluding carboxylic acids is 2. The molecule has 0 bridgehead atoms. The fourth-order valence-corrected chi connectivity index (χ4v) is 2.22. The highest BCUT2D eigenvalue weighted by atomic mass is 35.5. The van der Waals surface area contributed by atoms with Gasteiger partial charge in [0.2, 0.25) is 0 Å². The van der Waals surface area contributed by atoms with E-state index in [4.69, 9.17) is 21.1 Å². The molecule has 0 unspecified atom stereocenters. The fraction of sp³-hybridized carbons (Fsp3) is 0.300. The molecule has 0 aliphatic carbocycles. The molecule has 0 fully saturated rings. The highest BCUT2D eigenvalue weighted by Gasteiger charge is 2.30. The van der Waals surface area contributed by atoms with Crippen LogP contribution in [0.25, 0.3) is 0 Å². The van der Waals surface area contributed by atoms with E-state index in [1.165, 1.54) is 0 Å². The van der Waals surface area contributed by atoms with Crippen LogP contribution in [0.4, 0.5) is 5.69 Å². The topological polar surface area (TPSA) is 64.6 Å². The molecular weight excluding hydrogens is 354 g/mol. The second kappa shape index (κ2) is 8.23. The standard InChI is InChI=1S/C20H22ClNO4/c1-13(2)25-18(23)14-5-9-16(10-6-14)22-19(24)20(3,4)26-17-11-7-15(21)8-12-17/h5-13H,1-4H3,(H,22,24). The molecule has 0 aromatic heterocycles. The third-order valence-electron chi connectivity index (χ3n) is 3.45. The van der Waals surface area contributed by atoms with Crippen LogP contribution in [0.15, 0.2) is 48.5 Å². The number of esters is 1. The molecule has 5 nitrogen and oxygen atoms in total. The average Bonchev–Trinajstić information content (AvgIpc) is 2.56. The Kier molecular flexibility index (Phi) is 6.27. The Morgan fingerprint density at radius 3 is 2.12 bits per heavy atom. The van der Waals surface area contributed by atoms with E-state index in [9.17, 15) is 9.59 Å². The number of anilines is 1. The predicted octanol–water partition coefficient (Wildman–Crippen LogP) is 4.70. The van der Waals surface area contributed by atoms with Crippen molar-refractivity contribution in [1.82, 2.24) is 0 Å². The van der Waals surface area contributed by atoms with Gasteiger partial charge in [0.05, 0.1) is 11.7 Å². The van der Waals surface area contributed by atoms with Crippen LogP contribution < -0.4 is 10.1 Å². The molecule has 26 heavy (non-hydrogen) atoms. The van der Waals surface area contributed by atoms with Crippen molar-refractivity contribution < 1.29 is 19.1 Å². The number of halogens is 1. The number of hydrogen-bond donors (Lipinski definition) is 1. The zero-order valence-electron chi connectivity index (χ0n) is 15.2. The van der Waals surface area contributed by atoms with Gasteiger partial charge in [-0.1, -0.05) is 11.6 Å². The maximum atomic E-state index is 12.5. The van der Waals surface area contributed by atoms with Crippen LogP contribution in [0, 0.1) is 0 Å². The molecular formula is C20H22ClNO4. The first-order valence-electron chi connectivity index (χ1n) is 8.24. The SMILES string of the molecule is CC(C)OC(=O)c1ccc(NC(=O)C(C)(C)Oc2ccc(Cl)cc2)cc1. The number of hydrogen-bond acceptors (Lipinski definition) is 4. The number of amides is 1. The molecule has 6 heteroatoms. The van der Waals surface area contributed by atoms with Crippen molar-refractivity contribution in [2.45, 2.75) is 39.4 Å². The summed E-state index contributed by atoms with van der Waals surface area (Å²) in [5.41, 5.74) is -0.111. The van der Waals surface area contributed by atoms with Crippen molar-refractivity contribution in [3.63, 3.8) is 0 Å². The molecule has 0 radical (unpaired) electrons. The Hall–Kier alpha value is -2.53. The van der Waals surface area contributed by atoms with Gasteiger partial charge in [-0.15, -0.1) is 0 Å². The summed E-state index contributed by atoms with van der Waals surface area (Å²) >= 11 is 5.85. The van der Waals surface area contributed by atoms with E-state index >= 15 is 0 Å². The van der Waals surface area contributed by atoms with E-state index in [0.29, 0.717) is 22.0 Å². The highest BCUT2D eigenvalue weighted by Crippen LogP contribution is 2.22. The summed E-state index contributed by atoms with van der Waals surface area (Å²) in [4.78, 5) is 24.4. The molecule has 0 saturated carbocycles. The van der Waals surface area contributed by atoms with E-state index in [-0.39, 0.29) is 12.0 Å². The molecule has 2 rings (SSSR count). The molecule has 2 aromatic rings. The predicted molar refractivity (Wildman–Crippen MR) is 102 cm³/mol. The third kappa shape index (κ3) is 5.49. The molecule has 0 heterocycles. The van der Waals surface area contributed by atoms with E-state index in [2.05, 4.69) is 5.32 Å². The minimum absolute atomic E-state index is 0.187. The molecule has 0 saturated heterocycles. The van der Waals surface area contributed by atoms with E-state index in [0.717, 1.165) is 0 Å². The molecule has 138 valence electrons. The zero-order chi connectivity index (χ0) is 19.3. The number of rotatable bonds is 6. The second-order valence-electron chi connectivity index (χ2n) is 6.55. The molecule has 0 aliphatic rings. The van der Waals surface area contributed by atoms with Crippen molar-refractivity contribution in [3.8, 4) is 5.75 Å². The van der Waals surface area contributed by atoms with Gasteiger partial charge in [-0.05, 0) is 76.2 Å². The van der Waals surface area contributed by atoms with Crippen molar-refractivity contribution in [3.05, 3.63) is 59.1 Å². The summed E-state index contributed by atoms with van der Waals surface area (Å²) in [7, 11) is 0. The van der Waals surface area contributed by atoms with Gasteiger partial charge >= 0.3 is 5.97 Å². The summed E-state index contributed by atoms with van der Waals surface area (Å²) in [6.45, 7) is 6.92. The number of benzene rings is 2. The molecule has 0 atom stereocenters. The van der Waals surface area contributed by atoms with Crippen LogP contribution in [-0.4, -0.2) is 23.6 Å². The lowest BCUT2D eigenvalue weighted by Gasteiger charge is -2.25. The summed E-state index contributed by atoms with van der Waals surface area (Å²) in [6, 6.07) is 13.3. The minimum Gasteiger partial charge on any atom is -0.478 e. The van der Waals surface area contributed by atoms with Crippen LogP contribution in [0.5, 0.6) is 5.75 Å². The summed E-state index contributed by atoms with van der Waals surface area (Å²) in [6.07, 6.45) is -0.187. The van der Waals surface area contributed by atoms with Gasteiger partial charge in [-0.25, -0.2) is 4.79 Å². The first-order chi connectivity index (χ1) is 12.2. The number of carbonyl (C=O) groups is 2. The maximum absolute atomic E-state index is 12.5. The van der Waals surface area contributed by atoms with Crippen molar-refractivity contribution in [1.29, 1.82) is 0 Å². The molecule has 2 aromatic carbocycles. The van der Waals surface area contributed by atoms with Gasteiger partial charge in [0, 0.05) is 10.7 Å². The van der Waals surface area contributed by atoms with Crippen molar-refractivity contribution in [2.75, 3.05) is 5.32 Å². The first-order valence-corrected chi connectivity index (χ1v) is 8.62. The van der Waals surface area contributed by atoms with Gasteiger partial charge in [0.25, 0.3) is 5.91 Å². The largest absolute Gasteiger partial charge is 0.478 e. The van der Waals surface area contributed by atoms with Gasteiger partial charge < -0.3 is 14.8 Å². The molecule has 0 aliphatic heterocycles. The Labute approximate surface area is 158 Å². The van der Waals surface area contributed by atoms with Gasteiger partial charge in [0.15, 0.2) is 5.60 Å². The lowest BCUT2D eigenvalue weighted by Crippen LogP contribution is -2.42. The van der Waals surface area contributed by atoms with Crippen LogP contribution in [0.3, 0.4) is 0 Å². The molecule has 0 spiro atoms. The third-order valence-corrected chi connectivity index (χ3v) is 3.71. The van der Waals surface area contributed by atoms with Crippen LogP contribution in [0.2, 0.25) is 5.02 Å². The molecule has 1 amide bonds. The van der Waals surface area contributed by atoms with E-state index in [1.807, 2.05) is 0 Å². The highest BCUT2D eigenvalue weighted by molar-refractivity contribution is 6.30. The van der Waals surface area contributed by atoms with Crippen LogP contribution in [-0.2, 0) is 9.53 Å². The Morgan fingerprint density at radius 2 is 1.58 bits per heavy atom. The summed E-state index contributed by atoms with van der Waals surface area (Å²) in [5.74, 6) is -0.171. The Morgan fingerprint density at radius 1 is 1.00 bits per heavy atom. The summed E-state index contributed by atoms with van der Waals surface area (Å²) in [5, 5.41) is 3.37. The van der Waals surface area contributed by atoms with E-state index in [1.54, 1.807) is 76.2 Å². The van der Waals surface area contributed by atoms with Crippen LogP contribution >= 0.6 is 11.6 Å². The average molecular weight is 376 g/mol. The van der Waals surface area contributed by atoms with Crippen molar-refractivity contribution in [2.24, 2.45) is 0 Å². The maximum Gasteiger partial charge on any atom is 0.338 e. The second-order valence-corrected chi connectivity index (χ2v) is 6.99. The van der Waals surface area contributed by atoms with Crippen molar-refractivity contribution >= 4 is 29.2 Å². The number of ether oxygens (including phenoxy) is 2. The lowest BCUT2D eigenvalue weighted by atomic mass is 10.1. The van der Waals surface area contributed by atoms with E-state index < -0.39 is 11.6 Å². The smallest absolute Gasteiger partial charge is 0.338 e. The normalized spacial score (nSPS) is 11.2. The van der Waals surface area contributed by atoms with Crippen LogP contribution in [0.1, 0.15) is 38.1 Å². The molecule has 1 N–H and O–H groups in total. The minimum atomic E-state index is -1.09. The van der Waals surface area contributed by atoms with Gasteiger partial charge in [-0.2, -0.15) is 0 Å². The zero-order valence-corrected chi connectivity index (χ0v) is 16.0. The van der Waals surface area contributed by atoms with Gasteiger partial charge in [-0.3, -0.25) is 4.79 Å². The quantitative estimate of drug-likeness (QED) is 0.743. The monoisotopic (exact) mass is 375 g/mol. The lowest BCUT2D eigenvalue weighted by molar-refractivity contribution is -0.128.